The lowest BCUT2D eigenvalue weighted by molar-refractivity contribution is 0.408. The SMILES string of the molecule is COc1cccc(Oc2c(Cl)cccc2CC(C)N)c1. The van der Waals surface area contributed by atoms with Crippen LogP contribution in [0.1, 0.15) is 12.5 Å². The highest BCUT2D eigenvalue weighted by Gasteiger charge is 2.11. The van der Waals surface area contributed by atoms with Crippen molar-refractivity contribution in [3.8, 4) is 17.2 Å². The summed E-state index contributed by atoms with van der Waals surface area (Å²) in [5, 5.41) is 0.575. The largest absolute Gasteiger partial charge is 0.497 e. The molecule has 0 bridgehead atoms. The van der Waals surface area contributed by atoms with E-state index in [0.29, 0.717) is 22.9 Å². The Morgan fingerprint density at radius 1 is 1.15 bits per heavy atom. The summed E-state index contributed by atoms with van der Waals surface area (Å²) in [4.78, 5) is 0. The van der Waals surface area contributed by atoms with E-state index < -0.39 is 0 Å². The normalized spacial score (nSPS) is 12.0. The number of rotatable bonds is 5. The summed E-state index contributed by atoms with van der Waals surface area (Å²) < 4.78 is 11.1. The van der Waals surface area contributed by atoms with Crippen LogP contribution in [0.3, 0.4) is 0 Å². The molecule has 3 nitrogen and oxygen atoms in total. The van der Waals surface area contributed by atoms with Crippen LogP contribution in [-0.2, 0) is 6.42 Å². The molecule has 2 rings (SSSR count). The number of ether oxygens (including phenoxy) is 2. The van der Waals surface area contributed by atoms with Crippen LogP contribution in [0.15, 0.2) is 42.5 Å². The van der Waals surface area contributed by atoms with E-state index in [9.17, 15) is 0 Å². The highest BCUT2D eigenvalue weighted by atomic mass is 35.5. The van der Waals surface area contributed by atoms with Gasteiger partial charge in [-0.05, 0) is 37.1 Å². The third kappa shape index (κ3) is 3.65. The Labute approximate surface area is 124 Å². The van der Waals surface area contributed by atoms with Crippen LogP contribution in [-0.4, -0.2) is 13.2 Å². The minimum atomic E-state index is 0.0427. The van der Waals surface area contributed by atoms with Crippen LogP contribution in [0.25, 0.3) is 0 Å². The Hall–Kier alpha value is -1.71. The zero-order valence-electron chi connectivity index (χ0n) is 11.6. The summed E-state index contributed by atoms with van der Waals surface area (Å²) in [7, 11) is 1.62. The second kappa shape index (κ2) is 6.64. The minimum absolute atomic E-state index is 0.0427. The van der Waals surface area contributed by atoms with E-state index in [1.54, 1.807) is 7.11 Å². The summed E-state index contributed by atoms with van der Waals surface area (Å²) in [5.74, 6) is 2.08. The highest BCUT2D eigenvalue weighted by molar-refractivity contribution is 6.32. The quantitative estimate of drug-likeness (QED) is 0.904. The first-order valence-corrected chi connectivity index (χ1v) is 6.83. The van der Waals surface area contributed by atoms with E-state index >= 15 is 0 Å². The smallest absolute Gasteiger partial charge is 0.149 e. The van der Waals surface area contributed by atoms with Gasteiger partial charge < -0.3 is 15.2 Å². The lowest BCUT2D eigenvalue weighted by atomic mass is 10.1. The molecule has 0 aliphatic heterocycles. The van der Waals surface area contributed by atoms with Gasteiger partial charge in [0.25, 0.3) is 0 Å². The van der Waals surface area contributed by atoms with Crippen molar-refractivity contribution in [1.82, 2.24) is 0 Å². The lowest BCUT2D eigenvalue weighted by Crippen LogP contribution is -2.18. The first-order chi connectivity index (χ1) is 9.60. The Balaban J connectivity index is 2.31. The molecule has 0 fully saturated rings. The van der Waals surface area contributed by atoms with Crippen molar-refractivity contribution in [2.75, 3.05) is 7.11 Å². The molecule has 0 aliphatic carbocycles. The van der Waals surface area contributed by atoms with Crippen LogP contribution < -0.4 is 15.2 Å². The second-order valence-electron chi connectivity index (χ2n) is 4.69. The van der Waals surface area contributed by atoms with Gasteiger partial charge in [-0.2, -0.15) is 0 Å². The molecule has 0 amide bonds. The van der Waals surface area contributed by atoms with Gasteiger partial charge in [-0.3, -0.25) is 0 Å². The summed E-state index contributed by atoms with van der Waals surface area (Å²) in [6.45, 7) is 1.95. The third-order valence-electron chi connectivity index (χ3n) is 2.85. The van der Waals surface area contributed by atoms with Gasteiger partial charge in [-0.1, -0.05) is 29.8 Å². The summed E-state index contributed by atoms with van der Waals surface area (Å²) in [5.41, 5.74) is 6.86. The Kier molecular flexibility index (Phi) is 4.88. The number of hydrogen-bond donors (Lipinski definition) is 1. The molecule has 1 atom stereocenters. The van der Waals surface area contributed by atoms with E-state index in [0.717, 1.165) is 11.3 Å². The van der Waals surface area contributed by atoms with E-state index in [1.165, 1.54) is 0 Å². The zero-order valence-corrected chi connectivity index (χ0v) is 12.4. The monoisotopic (exact) mass is 291 g/mol. The number of halogens is 1. The van der Waals surface area contributed by atoms with Gasteiger partial charge in [0.05, 0.1) is 12.1 Å². The van der Waals surface area contributed by atoms with Crippen molar-refractivity contribution in [2.24, 2.45) is 5.73 Å². The average Bonchev–Trinajstić information content (AvgIpc) is 2.42. The molecule has 1 unspecified atom stereocenters. The standard InChI is InChI=1S/C16H18ClNO2/c1-11(18)9-12-5-3-8-15(17)16(12)20-14-7-4-6-13(10-14)19-2/h3-8,10-11H,9,18H2,1-2H3. The Morgan fingerprint density at radius 3 is 2.55 bits per heavy atom. The number of hydrogen-bond acceptors (Lipinski definition) is 3. The molecule has 106 valence electrons. The third-order valence-corrected chi connectivity index (χ3v) is 3.15. The van der Waals surface area contributed by atoms with Crippen LogP contribution in [0.2, 0.25) is 5.02 Å². The van der Waals surface area contributed by atoms with Gasteiger partial charge >= 0.3 is 0 Å². The second-order valence-corrected chi connectivity index (χ2v) is 5.10. The average molecular weight is 292 g/mol. The van der Waals surface area contributed by atoms with E-state index in [2.05, 4.69) is 0 Å². The molecule has 0 aliphatic rings. The van der Waals surface area contributed by atoms with E-state index in [-0.39, 0.29) is 6.04 Å². The maximum Gasteiger partial charge on any atom is 0.149 e. The van der Waals surface area contributed by atoms with Crippen LogP contribution in [0.5, 0.6) is 17.2 Å². The molecule has 0 spiro atoms. The number of benzene rings is 2. The van der Waals surface area contributed by atoms with Crippen molar-refractivity contribution in [3.05, 3.63) is 53.1 Å². The first-order valence-electron chi connectivity index (χ1n) is 6.45. The van der Waals surface area contributed by atoms with Crippen molar-refractivity contribution in [1.29, 1.82) is 0 Å². The molecule has 2 aromatic carbocycles. The highest BCUT2D eigenvalue weighted by Crippen LogP contribution is 2.34. The molecular weight excluding hydrogens is 274 g/mol. The molecule has 2 aromatic rings. The fourth-order valence-corrected chi connectivity index (χ4v) is 2.19. The fourth-order valence-electron chi connectivity index (χ4n) is 1.96. The molecule has 0 saturated carbocycles. The summed E-state index contributed by atoms with van der Waals surface area (Å²) in [6, 6.07) is 13.1. The van der Waals surface area contributed by atoms with E-state index in [4.69, 9.17) is 26.8 Å². The predicted octanol–water partition coefficient (Wildman–Crippen LogP) is 4.03. The number of nitrogens with two attached hydrogens (primary N) is 1. The predicted molar refractivity (Wildman–Crippen MR) is 81.9 cm³/mol. The van der Waals surface area contributed by atoms with Crippen LogP contribution >= 0.6 is 11.6 Å². The van der Waals surface area contributed by atoms with Crippen molar-refractivity contribution in [3.63, 3.8) is 0 Å². The molecule has 0 saturated heterocycles. The summed E-state index contributed by atoms with van der Waals surface area (Å²) in [6.07, 6.45) is 0.708. The zero-order chi connectivity index (χ0) is 14.5. The van der Waals surface area contributed by atoms with Crippen molar-refractivity contribution < 1.29 is 9.47 Å². The van der Waals surface area contributed by atoms with Gasteiger partial charge in [-0.25, -0.2) is 0 Å². The van der Waals surface area contributed by atoms with Crippen molar-refractivity contribution >= 4 is 11.6 Å². The fraction of sp³-hybridized carbons (Fsp3) is 0.250. The maximum absolute atomic E-state index is 6.24. The molecule has 2 N–H and O–H groups in total. The lowest BCUT2D eigenvalue weighted by Gasteiger charge is -2.14. The maximum atomic E-state index is 6.24. The minimum Gasteiger partial charge on any atom is -0.497 e. The Morgan fingerprint density at radius 2 is 1.85 bits per heavy atom. The Bertz CT molecular complexity index is 584. The molecule has 0 radical (unpaired) electrons. The van der Waals surface area contributed by atoms with Gasteiger partial charge in [0, 0.05) is 12.1 Å². The molecule has 0 aromatic heterocycles. The van der Waals surface area contributed by atoms with Gasteiger partial charge in [0.15, 0.2) is 0 Å². The molecule has 20 heavy (non-hydrogen) atoms. The van der Waals surface area contributed by atoms with Gasteiger partial charge in [0.2, 0.25) is 0 Å². The van der Waals surface area contributed by atoms with E-state index in [1.807, 2.05) is 49.4 Å². The van der Waals surface area contributed by atoms with Gasteiger partial charge in [-0.15, -0.1) is 0 Å². The van der Waals surface area contributed by atoms with Crippen molar-refractivity contribution in [2.45, 2.75) is 19.4 Å². The van der Waals surface area contributed by atoms with Crippen LogP contribution in [0.4, 0.5) is 0 Å². The first kappa shape index (κ1) is 14.7. The number of methoxy groups -OCH3 is 1. The number of para-hydroxylation sites is 1. The molecule has 0 heterocycles. The topological polar surface area (TPSA) is 44.5 Å². The van der Waals surface area contributed by atoms with Crippen LogP contribution in [0, 0.1) is 0 Å². The molecular formula is C16H18ClNO2. The summed E-state index contributed by atoms with van der Waals surface area (Å²) >= 11 is 6.24. The van der Waals surface area contributed by atoms with Gasteiger partial charge in [0.1, 0.15) is 17.2 Å². The molecule has 4 heteroatoms.